The Morgan fingerprint density at radius 2 is 2.05 bits per heavy atom. The molecule has 6 heteroatoms. The van der Waals surface area contributed by atoms with Crippen LogP contribution >= 0.6 is 11.6 Å². The molecule has 1 aromatic heterocycles. The molecule has 0 unspecified atom stereocenters. The van der Waals surface area contributed by atoms with Gasteiger partial charge in [0, 0.05) is 12.2 Å². The topological polar surface area (TPSA) is 60.3 Å². The van der Waals surface area contributed by atoms with Crippen molar-refractivity contribution in [2.75, 3.05) is 0 Å². The van der Waals surface area contributed by atoms with Gasteiger partial charge in [-0.2, -0.15) is 0 Å². The first-order valence-electron chi connectivity index (χ1n) is 7.08. The van der Waals surface area contributed by atoms with E-state index in [9.17, 15) is 9.59 Å². The van der Waals surface area contributed by atoms with Crippen LogP contribution in [0.15, 0.2) is 12.3 Å². The fourth-order valence-electron chi connectivity index (χ4n) is 2.00. The molecule has 1 saturated carbocycles. The Balaban J connectivity index is 2.02. The van der Waals surface area contributed by atoms with Crippen LogP contribution in [0.5, 0.6) is 0 Å². The Bertz CT molecular complexity index is 556. The number of halogens is 1. The molecule has 1 N–H and O–H groups in total. The maximum atomic E-state index is 12.3. The number of nitrogens with zero attached hydrogens (tertiary/aromatic N) is 1. The monoisotopic (exact) mass is 312 g/mol. The van der Waals surface area contributed by atoms with E-state index in [2.05, 4.69) is 5.32 Å². The van der Waals surface area contributed by atoms with Crippen LogP contribution in [0.3, 0.4) is 0 Å². The predicted octanol–water partition coefficient (Wildman–Crippen LogP) is 2.94. The number of rotatable bonds is 4. The van der Waals surface area contributed by atoms with E-state index in [0.717, 1.165) is 12.8 Å². The second kappa shape index (κ2) is 5.72. The Morgan fingerprint density at radius 3 is 2.57 bits per heavy atom. The summed E-state index contributed by atoms with van der Waals surface area (Å²) in [5, 5.41) is 3.19. The first-order chi connectivity index (χ1) is 9.67. The zero-order chi connectivity index (χ0) is 15.8. The van der Waals surface area contributed by atoms with Crippen LogP contribution in [0.25, 0.3) is 0 Å². The third-order valence-electron chi connectivity index (χ3n) is 3.10. The number of carbonyl (C=O) groups is 2. The molecule has 116 valence electrons. The maximum absolute atomic E-state index is 12.3. The molecule has 1 aliphatic carbocycles. The van der Waals surface area contributed by atoms with Gasteiger partial charge < -0.3 is 14.6 Å². The maximum Gasteiger partial charge on any atom is 0.328 e. The Hall–Kier alpha value is -1.49. The number of hydrogen-bond acceptors (Lipinski definition) is 3. The molecule has 1 atom stereocenters. The van der Waals surface area contributed by atoms with Crippen LogP contribution in [0.1, 0.15) is 57.1 Å². The molecule has 2 rings (SSSR count). The minimum absolute atomic E-state index is 0.313. The number of hydrogen-bond donors (Lipinski definition) is 1. The molecule has 0 bridgehead atoms. The number of esters is 1. The van der Waals surface area contributed by atoms with Gasteiger partial charge >= 0.3 is 5.97 Å². The lowest BCUT2D eigenvalue weighted by atomic mass is 10.2. The molecule has 21 heavy (non-hydrogen) atoms. The molecule has 5 nitrogen and oxygen atoms in total. The van der Waals surface area contributed by atoms with Gasteiger partial charge in [-0.15, -0.1) is 0 Å². The van der Waals surface area contributed by atoms with Gasteiger partial charge in [0.2, 0.25) is 0 Å². The summed E-state index contributed by atoms with van der Waals surface area (Å²) in [7, 11) is 0. The van der Waals surface area contributed by atoms with Crippen molar-refractivity contribution < 1.29 is 14.3 Å². The van der Waals surface area contributed by atoms with Gasteiger partial charge in [-0.25, -0.2) is 4.79 Å². The van der Waals surface area contributed by atoms with Crippen LogP contribution in [0, 0.1) is 0 Å². The Labute approximate surface area is 129 Å². The van der Waals surface area contributed by atoms with Crippen molar-refractivity contribution in [3.8, 4) is 0 Å². The number of ether oxygens (including phenoxy) is 1. The van der Waals surface area contributed by atoms with E-state index in [0.29, 0.717) is 16.8 Å². The first-order valence-corrected chi connectivity index (χ1v) is 7.46. The second-order valence-corrected chi connectivity index (χ2v) is 6.85. The minimum Gasteiger partial charge on any atom is -0.458 e. The highest BCUT2D eigenvalue weighted by Crippen LogP contribution is 2.37. The third-order valence-corrected chi connectivity index (χ3v) is 3.30. The van der Waals surface area contributed by atoms with Gasteiger partial charge in [-0.05, 0) is 46.6 Å². The third kappa shape index (κ3) is 4.24. The zero-order valence-electron chi connectivity index (χ0n) is 12.8. The summed E-state index contributed by atoms with van der Waals surface area (Å²) in [6.07, 6.45) is 3.85. The van der Waals surface area contributed by atoms with Gasteiger partial charge in [0.15, 0.2) is 0 Å². The highest BCUT2D eigenvalue weighted by atomic mass is 35.5. The van der Waals surface area contributed by atoms with Gasteiger partial charge in [0.25, 0.3) is 5.91 Å². The van der Waals surface area contributed by atoms with E-state index in [4.69, 9.17) is 16.3 Å². The van der Waals surface area contributed by atoms with Crippen LogP contribution in [0.4, 0.5) is 0 Å². The van der Waals surface area contributed by atoms with Crippen molar-refractivity contribution in [3.05, 3.63) is 23.0 Å². The fourth-order valence-corrected chi connectivity index (χ4v) is 2.21. The molecule has 0 saturated heterocycles. The fraction of sp³-hybridized carbons (Fsp3) is 0.600. The molecule has 1 aromatic rings. The van der Waals surface area contributed by atoms with E-state index in [1.165, 1.54) is 0 Å². The summed E-state index contributed by atoms with van der Waals surface area (Å²) in [6, 6.07) is 1.25. The minimum atomic E-state index is -0.710. The molecule has 1 heterocycles. The highest BCUT2D eigenvalue weighted by molar-refractivity contribution is 6.31. The normalized spacial score (nSPS) is 16.4. The van der Waals surface area contributed by atoms with E-state index in [1.807, 2.05) is 4.57 Å². The van der Waals surface area contributed by atoms with Gasteiger partial charge in [0.1, 0.15) is 17.3 Å². The van der Waals surface area contributed by atoms with Crippen molar-refractivity contribution in [3.63, 3.8) is 0 Å². The Kier molecular flexibility index (Phi) is 4.33. The average Bonchev–Trinajstić information content (AvgIpc) is 3.10. The predicted molar refractivity (Wildman–Crippen MR) is 80.5 cm³/mol. The van der Waals surface area contributed by atoms with Crippen molar-refractivity contribution in [2.24, 2.45) is 0 Å². The molecule has 1 aliphatic rings. The van der Waals surface area contributed by atoms with Crippen LogP contribution in [0.2, 0.25) is 5.02 Å². The standard InChI is InChI=1S/C15H21ClN2O3/c1-9(14(20)21-15(2,3)4)17-13(19)12-7-10(16)8-18(12)11-5-6-11/h7-9,11H,5-6H2,1-4H3,(H,17,19)/t9-/m1/s1. The van der Waals surface area contributed by atoms with Crippen molar-refractivity contribution in [1.82, 2.24) is 9.88 Å². The number of carbonyl (C=O) groups excluding carboxylic acids is 2. The lowest BCUT2D eigenvalue weighted by molar-refractivity contribution is -0.156. The molecule has 0 radical (unpaired) electrons. The van der Waals surface area contributed by atoms with Gasteiger partial charge in [0.05, 0.1) is 5.02 Å². The zero-order valence-corrected chi connectivity index (χ0v) is 13.5. The molecule has 0 aliphatic heterocycles. The van der Waals surface area contributed by atoms with E-state index >= 15 is 0 Å². The summed E-state index contributed by atoms with van der Waals surface area (Å²) in [6.45, 7) is 6.98. The van der Waals surface area contributed by atoms with Crippen LogP contribution in [-0.2, 0) is 9.53 Å². The molecular weight excluding hydrogens is 292 g/mol. The highest BCUT2D eigenvalue weighted by Gasteiger charge is 2.29. The molecule has 0 aromatic carbocycles. The molecule has 0 spiro atoms. The summed E-state index contributed by atoms with van der Waals surface area (Å²) in [5.41, 5.74) is -0.0916. The summed E-state index contributed by atoms with van der Waals surface area (Å²) < 4.78 is 7.12. The lowest BCUT2D eigenvalue weighted by Gasteiger charge is -2.22. The van der Waals surface area contributed by atoms with Crippen molar-refractivity contribution in [1.29, 1.82) is 0 Å². The lowest BCUT2D eigenvalue weighted by Crippen LogP contribution is -2.42. The SMILES string of the molecule is C[C@@H](NC(=O)c1cc(Cl)cn1C1CC1)C(=O)OC(C)(C)C. The van der Waals surface area contributed by atoms with Gasteiger partial charge in [-0.3, -0.25) is 4.79 Å². The average molecular weight is 313 g/mol. The molecule has 1 amide bonds. The number of aromatic nitrogens is 1. The van der Waals surface area contributed by atoms with Gasteiger partial charge in [-0.1, -0.05) is 11.6 Å². The van der Waals surface area contributed by atoms with E-state index in [-0.39, 0.29) is 5.91 Å². The van der Waals surface area contributed by atoms with Crippen molar-refractivity contribution >= 4 is 23.5 Å². The Morgan fingerprint density at radius 1 is 1.43 bits per heavy atom. The first kappa shape index (κ1) is 15.9. The van der Waals surface area contributed by atoms with E-state index < -0.39 is 17.6 Å². The molecule has 1 fully saturated rings. The molecular formula is C15H21ClN2O3. The second-order valence-electron chi connectivity index (χ2n) is 6.41. The number of amides is 1. The van der Waals surface area contributed by atoms with Crippen LogP contribution in [-0.4, -0.2) is 28.1 Å². The smallest absolute Gasteiger partial charge is 0.328 e. The quantitative estimate of drug-likeness (QED) is 0.870. The van der Waals surface area contributed by atoms with Crippen molar-refractivity contribution in [2.45, 2.75) is 58.2 Å². The largest absolute Gasteiger partial charge is 0.458 e. The summed E-state index contributed by atoms with van der Waals surface area (Å²) in [5.74, 6) is -0.765. The summed E-state index contributed by atoms with van der Waals surface area (Å²) in [4.78, 5) is 24.2. The summed E-state index contributed by atoms with van der Waals surface area (Å²) >= 11 is 5.98. The van der Waals surface area contributed by atoms with Crippen LogP contribution < -0.4 is 5.32 Å². The number of nitrogens with one attached hydrogen (secondary N) is 1. The van der Waals surface area contributed by atoms with E-state index in [1.54, 1.807) is 40.0 Å².